The normalized spacial score (nSPS) is 24.8. The molecule has 1 aromatic heterocycles. The predicted octanol–water partition coefficient (Wildman–Crippen LogP) is 2.03. The van der Waals surface area contributed by atoms with Gasteiger partial charge < -0.3 is 13.9 Å². The highest BCUT2D eigenvalue weighted by Gasteiger charge is 2.59. The first-order valence-corrected chi connectivity index (χ1v) is 10.5. The van der Waals surface area contributed by atoms with E-state index in [0.717, 1.165) is 11.3 Å². The number of amides is 2. The lowest BCUT2D eigenvalue weighted by Gasteiger charge is -2.16. The smallest absolute Gasteiger partial charge is 0.379 e. The van der Waals surface area contributed by atoms with Crippen LogP contribution in [0.4, 0.5) is 0 Å². The fourth-order valence-corrected chi connectivity index (χ4v) is 4.78. The summed E-state index contributed by atoms with van der Waals surface area (Å²) in [5.74, 6) is -3.07. The van der Waals surface area contributed by atoms with Crippen molar-refractivity contribution in [3.63, 3.8) is 0 Å². The fourth-order valence-electron chi connectivity index (χ4n) is 4.78. The van der Waals surface area contributed by atoms with Gasteiger partial charge in [0.05, 0.1) is 18.1 Å². The number of allylic oxidation sites excluding steroid dienone is 2. The maximum absolute atomic E-state index is 12.6. The van der Waals surface area contributed by atoms with Crippen LogP contribution in [0.25, 0.3) is 0 Å². The topological polar surface area (TPSA) is 120 Å². The molecule has 5 rings (SSSR count). The van der Waals surface area contributed by atoms with Crippen LogP contribution in [0.2, 0.25) is 0 Å². The Hall–Kier alpha value is -4.01. The molecule has 0 radical (unpaired) electrons. The number of ketones is 1. The third kappa shape index (κ3) is 3.75. The molecule has 2 heterocycles. The van der Waals surface area contributed by atoms with Gasteiger partial charge in [-0.1, -0.05) is 12.2 Å². The van der Waals surface area contributed by atoms with Crippen LogP contribution >= 0.6 is 0 Å². The Morgan fingerprint density at radius 1 is 0.970 bits per heavy atom. The average Bonchev–Trinajstić information content (AvgIpc) is 3.60. The van der Waals surface area contributed by atoms with E-state index in [9.17, 15) is 24.0 Å². The van der Waals surface area contributed by atoms with Crippen LogP contribution in [0.3, 0.4) is 0 Å². The van der Waals surface area contributed by atoms with E-state index >= 15 is 0 Å². The van der Waals surface area contributed by atoms with Gasteiger partial charge in [-0.2, -0.15) is 0 Å². The fraction of sp³-hybridized carbons (Fsp3) is 0.292. The summed E-state index contributed by atoms with van der Waals surface area (Å²) in [6.07, 6.45) is 6.10. The number of ether oxygens (including phenoxy) is 2. The number of benzene rings is 1. The molecule has 4 atom stereocenters. The summed E-state index contributed by atoms with van der Waals surface area (Å²) in [4.78, 5) is 62.6. The minimum atomic E-state index is -0.825. The van der Waals surface area contributed by atoms with Gasteiger partial charge in [0.2, 0.25) is 17.6 Å². The van der Waals surface area contributed by atoms with Gasteiger partial charge in [-0.3, -0.25) is 24.1 Å². The number of rotatable bonds is 7. The zero-order valence-electron chi connectivity index (χ0n) is 17.3. The Bertz CT molecular complexity index is 1130. The number of Topliss-reactive ketones (excluding diaryl/α,β-unsaturated/α-hetero) is 1. The number of fused-ring (bicyclic) bond motifs is 5. The SMILES string of the molecule is O=C(CN1C(=O)C2C3C=CC(C3)C2C1=O)OCC(=O)c1ccc(OC(=O)c2ccco2)cc1. The minimum absolute atomic E-state index is 0.0459. The predicted molar refractivity (Wildman–Crippen MR) is 110 cm³/mol. The summed E-state index contributed by atoms with van der Waals surface area (Å²) in [7, 11) is 0. The van der Waals surface area contributed by atoms with Gasteiger partial charge in [0.1, 0.15) is 12.3 Å². The number of carbonyl (C=O) groups is 5. The molecule has 1 aliphatic heterocycles. The Kier molecular flexibility index (Phi) is 5.16. The number of likely N-dealkylation sites (tertiary alicyclic amines) is 1. The highest BCUT2D eigenvalue weighted by molar-refractivity contribution is 6.08. The van der Waals surface area contributed by atoms with Crippen LogP contribution < -0.4 is 4.74 Å². The standard InChI is InChI=1S/C24H19NO8/c26-17(13-5-7-16(8-6-13)33-24(30)18-2-1-9-31-18)12-32-19(27)11-25-22(28)20-14-3-4-15(10-14)21(20)23(25)29/h1-9,14-15,20-21H,10-12H2. The number of furan rings is 1. The van der Waals surface area contributed by atoms with Gasteiger partial charge in [0, 0.05) is 5.56 Å². The van der Waals surface area contributed by atoms with Crippen molar-refractivity contribution in [2.45, 2.75) is 6.42 Å². The Morgan fingerprint density at radius 3 is 2.24 bits per heavy atom. The number of esters is 2. The zero-order chi connectivity index (χ0) is 23.1. The van der Waals surface area contributed by atoms with E-state index in [1.165, 1.54) is 36.6 Å². The molecule has 2 aliphatic carbocycles. The monoisotopic (exact) mass is 449 g/mol. The largest absolute Gasteiger partial charge is 0.457 e. The van der Waals surface area contributed by atoms with Gasteiger partial charge in [0.25, 0.3) is 0 Å². The molecule has 2 aromatic rings. The van der Waals surface area contributed by atoms with Crippen LogP contribution in [-0.4, -0.2) is 47.6 Å². The number of hydrogen-bond donors (Lipinski definition) is 0. The van der Waals surface area contributed by atoms with Gasteiger partial charge >= 0.3 is 11.9 Å². The average molecular weight is 449 g/mol. The molecule has 2 bridgehead atoms. The van der Waals surface area contributed by atoms with Gasteiger partial charge in [-0.25, -0.2) is 4.79 Å². The third-order valence-corrected chi connectivity index (χ3v) is 6.32. The van der Waals surface area contributed by atoms with Crippen molar-refractivity contribution in [1.29, 1.82) is 0 Å². The highest BCUT2D eigenvalue weighted by Crippen LogP contribution is 2.52. The first kappa shape index (κ1) is 20.9. The summed E-state index contributed by atoms with van der Waals surface area (Å²) in [5.41, 5.74) is 0.242. The molecule has 1 aromatic carbocycles. The molecule has 33 heavy (non-hydrogen) atoms. The molecular formula is C24H19NO8. The number of hydrogen-bond acceptors (Lipinski definition) is 8. The number of nitrogens with zero attached hydrogens (tertiary/aromatic N) is 1. The zero-order valence-corrected chi connectivity index (χ0v) is 17.3. The molecule has 3 aliphatic rings. The molecule has 0 N–H and O–H groups in total. The second-order valence-electron chi connectivity index (χ2n) is 8.24. The van der Waals surface area contributed by atoms with Crippen LogP contribution in [-0.2, 0) is 19.1 Å². The van der Waals surface area contributed by atoms with Crippen molar-refractivity contribution in [3.8, 4) is 5.75 Å². The second-order valence-corrected chi connectivity index (χ2v) is 8.24. The van der Waals surface area contributed by atoms with Crippen LogP contribution in [0, 0.1) is 23.7 Å². The van der Waals surface area contributed by atoms with E-state index in [-0.39, 0.29) is 52.6 Å². The molecule has 9 nitrogen and oxygen atoms in total. The minimum Gasteiger partial charge on any atom is -0.457 e. The van der Waals surface area contributed by atoms with Crippen LogP contribution in [0.5, 0.6) is 5.75 Å². The summed E-state index contributed by atoms with van der Waals surface area (Å²) in [5, 5.41) is 0. The molecule has 2 amide bonds. The lowest BCUT2D eigenvalue weighted by atomic mass is 9.85. The Balaban J connectivity index is 1.12. The number of carbonyl (C=O) groups excluding carboxylic acids is 5. The van der Waals surface area contributed by atoms with E-state index in [0.29, 0.717) is 0 Å². The summed E-state index contributed by atoms with van der Waals surface area (Å²) in [6.45, 7) is -1.04. The maximum atomic E-state index is 12.6. The molecule has 1 saturated heterocycles. The molecule has 9 heteroatoms. The van der Waals surface area contributed by atoms with Crippen molar-refractivity contribution in [3.05, 3.63) is 66.1 Å². The third-order valence-electron chi connectivity index (χ3n) is 6.32. The van der Waals surface area contributed by atoms with Crippen LogP contribution in [0.1, 0.15) is 27.3 Å². The lowest BCUT2D eigenvalue weighted by molar-refractivity contribution is -0.152. The van der Waals surface area contributed by atoms with E-state index in [1.54, 1.807) is 6.07 Å². The summed E-state index contributed by atoms with van der Waals surface area (Å²) >= 11 is 0. The quantitative estimate of drug-likeness (QED) is 0.207. The van der Waals surface area contributed by atoms with E-state index < -0.39 is 30.9 Å². The van der Waals surface area contributed by atoms with E-state index in [4.69, 9.17) is 13.9 Å². The van der Waals surface area contributed by atoms with E-state index in [1.807, 2.05) is 12.2 Å². The van der Waals surface area contributed by atoms with Gasteiger partial charge in [-0.05, 0) is 54.7 Å². The second kappa shape index (κ2) is 8.16. The summed E-state index contributed by atoms with van der Waals surface area (Å²) in [6, 6.07) is 8.74. The lowest BCUT2D eigenvalue weighted by Crippen LogP contribution is -2.38. The molecule has 168 valence electrons. The summed E-state index contributed by atoms with van der Waals surface area (Å²) < 4.78 is 15.1. The molecule has 4 unspecified atom stereocenters. The van der Waals surface area contributed by atoms with Crippen molar-refractivity contribution in [2.24, 2.45) is 23.7 Å². The molecule has 1 saturated carbocycles. The first-order chi connectivity index (χ1) is 15.9. The van der Waals surface area contributed by atoms with Crippen molar-refractivity contribution >= 4 is 29.5 Å². The van der Waals surface area contributed by atoms with Crippen molar-refractivity contribution < 1.29 is 37.9 Å². The first-order valence-electron chi connectivity index (χ1n) is 10.5. The maximum Gasteiger partial charge on any atom is 0.379 e. The number of imide groups is 1. The van der Waals surface area contributed by atoms with E-state index in [2.05, 4.69) is 0 Å². The van der Waals surface area contributed by atoms with Gasteiger partial charge in [0.15, 0.2) is 12.4 Å². The van der Waals surface area contributed by atoms with Crippen molar-refractivity contribution in [1.82, 2.24) is 4.90 Å². The van der Waals surface area contributed by atoms with Gasteiger partial charge in [-0.15, -0.1) is 0 Å². The van der Waals surface area contributed by atoms with Crippen molar-refractivity contribution in [2.75, 3.05) is 13.2 Å². The van der Waals surface area contributed by atoms with Crippen LogP contribution in [0.15, 0.2) is 59.2 Å². The molecule has 0 spiro atoms. The Labute approximate surface area is 187 Å². The highest BCUT2D eigenvalue weighted by atomic mass is 16.5. The Morgan fingerprint density at radius 2 is 1.64 bits per heavy atom. The molecule has 2 fully saturated rings. The molecular weight excluding hydrogens is 430 g/mol.